The molecule has 1 aromatic heterocycles. The van der Waals surface area contributed by atoms with E-state index in [0.717, 1.165) is 0 Å². The van der Waals surface area contributed by atoms with Gasteiger partial charge in [0.05, 0.1) is 0 Å². The van der Waals surface area contributed by atoms with Crippen molar-refractivity contribution in [3.05, 3.63) is 54.4 Å². The molecule has 0 unspecified atom stereocenters. The Labute approximate surface area is 88.6 Å². The molecule has 2 heteroatoms. The van der Waals surface area contributed by atoms with Crippen LogP contribution in [0.25, 0.3) is 11.1 Å². The summed E-state index contributed by atoms with van der Waals surface area (Å²) in [4.78, 5) is 14.4. The molecule has 0 bridgehead atoms. The maximum Gasteiger partial charge on any atom is 0.178 e. The van der Waals surface area contributed by atoms with Gasteiger partial charge in [0.25, 0.3) is 0 Å². The van der Waals surface area contributed by atoms with E-state index in [-0.39, 0.29) is 5.78 Å². The van der Waals surface area contributed by atoms with Crippen LogP contribution in [0.15, 0.2) is 48.7 Å². The number of benzene rings is 1. The van der Waals surface area contributed by atoms with Crippen molar-refractivity contribution in [2.45, 2.75) is 6.92 Å². The number of aromatic nitrogens is 1. The second-order valence-corrected chi connectivity index (χ2v) is 3.35. The number of ketones is 1. The lowest BCUT2D eigenvalue weighted by atomic mass is 10.3. The van der Waals surface area contributed by atoms with Crippen LogP contribution in [0, 0.1) is 0 Å². The molecule has 2 aliphatic carbocycles. The summed E-state index contributed by atoms with van der Waals surface area (Å²) in [6, 6.07) is 13.8. The number of carbonyl (C=O) groups excluding carboxylic acids is 1. The minimum Gasteiger partial charge on any atom is -0.293 e. The van der Waals surface area contributed by atoms with E-state index in [1.807, 2.05) is 0 Å². The zero-order valence-electron chi connectivity index (χ0n) is 8.47. The summed E-state index contributed by atoms with van der Waals surface area (Å²) in [6.45, 7) is 1.50. The average molecular weight is 197 g/mol. The van der Waals surface area contributed by atoms with Gasteiger partial charge in [-0.3, -0.25) is 9.78 Å². The topological polar surface area (TPSA) is 30.0 Å². The van der Waals surface area contributed by atoms with Gasteiger partial charge >= 0.3 is 0 Å². The molecule has 0 N–H and O–H groups in total. The van der Waals surface area contributed by atoms with Crippen molar-refractivity contribution in [2.24, 2.45) is 0 Å². The average Bonchev–Trinajstić information content (AvgIpc) is 2.88. The first kappa shape index (κ1) is 9.59. The molecule has 0 spiro atoms. The van der Waals surface area contributed by atoms with Gasteiger partial charge in [-0.2, -0.15) is 0 Å². The Kier molecular flexibility index (Phi) is 2.59. The van der Waals surface area contributed by atoms with Crippen molar-refractivity contribution < 1.29 is 4.79 Å². The van der Waals surface area contributed by atoms with Crippen molar-refractivity contribution in [1.82, 2.24) is 4.98 Å². The van der Waals surface area contributed by atoms with Crippen LogP contribution in [0.3, 0.4) is 0 Å². The summed E-state index contributed by atoms with van der Waals surface area (Å²) >= 11 is 0. The third-order valence-corrected chi connectivity index (χ3v) is 2.14. The molecule has 0 aliphatic heterocycles. The van der Waals surface area contributed by atoms with Crippen molar-refractivity contribution >= 4 is 5.78 Å². The SMILES string of the molecule is CC(=O)c1ccccn1.c1cc2cc-2c1. The van der Waals surface area contributed by atoms with Crippen LogP contribution in [0.4, 0.5) is 0 Å². The van der Waals surface area contributed by atoms with Gasteiger partial charge in [0.15, 0.2) is 5.78 Å². The second-order valence-electron chi connectivity index (χ2n) is 3.35. The van der Waals surface area contributed by atoms with Crippen LogP contribution < -0.4 is 0 Å². The molecule has 3 rings (SSSR count). The predicted octanol–water partition coefficient (Wildman–Crippen LogP) is 2.95. The molecule has 0 saturated carbocycles. The summed E-state index contributed by atoms with van der Waals surface area (Å²) in [5.41, 5.74) is 3.38. The number of Topliss-reactive ketones (excluding diaryl/α,β-unsaturated/α-hetero) is 1. The zero-order valence-corrected chi connectivity index (χ0v) is 8.47. The Bertz CT molecular complexity index is 460. The van der Waals surface area contributed by atoms with E-state index in [1.54, 1.807) is 24.4 Å². The van der Waals surface area contributed by atoms with E-state index >= 15 is 0 Å². The molecular weight excluding hydrogens is 186 g/mol. The summed E-state index contributed by atoms with van der Waals surface area (Å²) in [5, 5.41) is 0. The van der Waals surface area contributed by atoms with Gasteiger partial charge in [-0.15, -0.1) is 0 Å². The first-order valence-electron chi connectivity index (χ1n) is 4.80. The first-order valence-corrected chi connectivity index (χ1v) is 4.80. The summed E-state index contributed by atoms with van der Waals surface area (Å²) < 4.78 is 0. The molecule has 15 heavy (non-hydrogen) atoms. The lowest BCUT2D eigenvalue weighted by Gasteiger charge is -1.88. The largest absolute Gasteiger partial charge is 0.293 e. The van der Waals surface area contributed by atoms with Gasteiger partial charge in [-0.05, 0) is 29.3 Å². The molecule has 0 atom stereocenters. The molecule has 2 nitrogen and oxygen atoms in total. The first-order chi connectivity index (χ1) is 7.27. The van der Waals surface area contributed by atoms with Crippen LogP contribution in [0.5, 0.6) is 0 Å². The van der Waals surface area contributed by atoms with E-state index in [9.17, 15) is 4.79 Å². The fraction of sp³-hybridized carbons (Fsp3) is 0.0769. The molecule has 0 fully saturated rings. The monoisotopic (exact) mass is 197 g/mol. The van der Waals surface area contributed by atoms with E-state index in [1.165, 1.54) is 18.1 Å². The highest BCUT2D eigenvalue weighted by atomic mass is 16.1. The van der Waals surface area contributed by atoms with Gasteiger partial charge in [0, 0.05) is 13.1 Å². The molecule has 0 radical (unpaired) electrons. The third-order valence-electron chi connectivity index (χ3n) is 2.14. The summed E-state index contributed by atoms with van der Waals surface area (Å²) in [6.07, 6.45) is 1.61. The number of rotatable bonds is 1. The molecule has 2 aliphatic rings. The number of nitrogens with zero attached hydrogens (tertiary/aromatic N) is 1. The van der Waals surface area contributed by atoms with Crippen molar-refractivity contribution in [3.63, 3.8) is 0 Å². The van der Waals surface area contributed by atoms with Crippen LogP contribution in [0.2, 0.25) is 0 Å². The maximum atomic E-state index is 10.6. The van der Waals surface area contributed by atoms with E-state index < -0.39 is 0 Å². The normalized spacial score (nSPS) is 9.93. The van der Waals surface area contributed by atoms with Crippen LogP contribution in [-0.4, -0.2) is 10.8 Å². The van der Waals surface area contributed by atoms with Gasteiger partial charge in [0.2, 0.25) is 0 Å². The minimum absolute atomic E-state index is 0.00981. The molecule has 0 amide bonds. The van der Waals surface area contributed by atoms with E-state index in [4.69, 9.17) is 0 Å². The molecule has 0 saturated heterocycles. The van der Waals surface area contributed by atoms with Crippen LogP contribution in [0.1, 0.15) is 17.4 Å². The zero-order chi connectivity index (χ0) is 10.7. The lowest BCUT2D eigenvalue weighted by Crippen LogP contribution is -1.93. The highest BCUT2D eigenvalue weighted by Gasteiger charge is 2.06. The maximum absolute atomic E-state index is 10.6. The van der Waals surface area contributed by atoms with Crippen molar-refractivity contribution in [2.75, 3.05) is 0 Å². The number of pyridine rings is 1. The minimum atomic E-state index is 0.00981. The third kappa shape index (κ3) is 2.50. The van der Waals surface area contributed by atoms with Gasteiger partial charge in [-0.25, -0.2) is 0 Å². The Hall–Kier alpha value is -1.96. The summed E-state index contributed by atoms with van der Waals surface area (Å²) in [7, 11) is 0. The van der Waals surface area contributed by atoms with Gasteiger partial charge in [0.1, 0.15) is 5.69 Å². The molecule has 0 aromatic carbocycles. The molecule has 1 aromatic rings. The molecule has 1 heterocycles. The van der Waals surface area contributed by atoms with Crippen molar-refractivity contribution in [1.29, 1.82) is 0 Å². The summed E-state index contributed by atoms with van der Waals surface area (Å²) in [5.74, 6) is 0.00981. The quantitative estimate of drug-likeness (QED) is 0.561. The molecular formula is C13H11NO. The number of fused-ring (bicyclic) bond motifs is 1. The highest BCUT2D eigenvalue weighted by Crippen LogP contribution is 2.32. The fourth-order valence-electron chi connectivity index (χ4n) is 1.25. The van der Waals surface area contributed by atoms with E-state index in [0.29, 0.717) is 5.69 Å². The van der Waals surface area contributed by atoms with Gasteiger partial charge in [-0.1, -0.05) is 24.3 Å². The lowest BCUT2D eigenvalue weighted by molar-refractivity contribution is 0.101. The smallest absolute Gasteiger partial charge is 0.178 e. The van der Waals surface area contributed by atoms with Crippen LogP contribution >= 0.6 is 0 Å². The van der Waals surface area contributed by atoms with Crippen molar-refractivity contribution in [3.8, 4) is 11.1 Å². The highest BCUT2D eigenvalue weighted by molar-refractivity contribution is 5.91. The Morgan fingerprint density at radius 3 is 2.07 bits per heavy atom. The predicted molar refractivity (Wildman–Crippen MR) is 59.7 cm³/mol. The Balaban J connectivity index is 0.000000121. The Morgan fingerprint density at radius 2 is 1.80 bits per heavy atom. The number of hydrogen-bond acceptors (Lipinski definition) is 2. The fourth-order valence-corrected chi connectivity index (χ4v) is 1.25. The van der Waals surface area contributed by atoms with E-state index in [2.05, 4.69) is 29.2 Å². The number of carbonyl (C=O) groups is 1. The van der Waals surface area contributed by atoms with Crippen LogP contribution in [-0.2, 0) is 0 Å². The Morgan fingerprint density at radius 1 is 1.07 bits per heavy atom. The molecule has 74 valence electrons. The van der Waals surface area contributed by atoms with Gasteiger partial charge < -0.3 is 0 Å². The standard InChI is InChI=1S/C7H7NO.C6H4/c1-6(9)7-4-2-3-5-8-7;1-2-5-4-6(5)3-1/h2-5H,1H3;1-4H. The number of hydrogen-bond donors (Lipinski definition) is 0. The second kappa shape index (κ2) is 4.05.